The highest BCUT2D eigenvalue weighted by Crippen LogP contribution is 2.34. The van der Waals surface area contributed by atoms with Gasteiger partial charge in [0.05, 0.1) is 30.5 Å². The minimum absolute atomic E-state index is 0.0246. The van der Waals surface area contributed by atoms with E-state index in [0.717, 1.165) is 14.0 Å². The first-order valence-electron chi connectivity index (χ1n) is 12.3. The van der Waals surface area contributed by atoms with E-state index in [1.165, 1.54) is 49.7 Å². The van der Waals surface area contributed by atoms with Gasteiger partial charge >= 0.3 is 11.9 Å². The molecule has 1 amide bonds. The summed E-state index contributed by atoms with van der Waals surface area (Å²) < 4.78 is 43.1. The number of imidazole rings is 1. The summed E-state index contributed by atoms with van der Waals surface area (Å²) in [6, 6.07) is -0.862. The molecule has 1 saturated heterocycles. The lowest BCUT2D eigenvalue weighted by molar-refractivity contribution is -0.146. The number of halogens is 3. The van der Waals surface area contributed by atoms with Crippen LogP contribution in [0, 0.1) is 11.3 Å². The second kappa shape index (κ2) is 10.4. The molecule has 0 spiro atoms. The van der Waals surface area contributed by atoms with Crippen LogP contribution in [0.4, 0.5) is 24.9 Å². The van der Waals surface area contributed by atoms with E-state index in [2.05, 4.69) is 30.2 Å². The topological polar surface area (TPSA) is 170 Å². The molecule has 1 aliphatic rings. The molecule has 0 radical (unpaired) electrons. The van der Waals surface area contributed by atoms with Crippen LogP contribution in [-0.2, 0) is 18.4 Å². The quantitative estimate of drug-likeness (QED) is 0.358. The zero-order chi connectivity index (χ0) is 29.5. The van der Waals surface area contributed by atoms with Gasteiger partial charge in [-0.2, -0.15) is 18.4 Å². The van der Waals surface area contributed by atoms with Gasteiger partial charge in [0.25, 0.3) is 5.56 Å². The van der Waals surface area contributed by atoms with Crippen LogP contribution in [0.15, 0.2) is 40.7 Å². The van der Waals surface area contributed by atoms with E-state index in [9.17, 15) is 27.6 Å². The van der Waals surface area contributed by atoms with Crippen molar-refractivity contribution in [3.63, 3.8) is 0 Å². The Hall–Kier alpha value is -5.14. The zero-order valence-corrected chi connectivity index (χ0v) is 21.7. The maximum Gasteiger partial charge on any atom is 0.408 e. The predicted molar refractivity (Wildman–Crippen MR) is 138 cm³/mol. The third-order valence-electron chi connectivity index (χ3n) is 6.79. The summed E-state index contributed by atoms with van der Waals surface area (Å²) in [5.41, 5.74) is -0.827. The van der Waals surface area contributed by atoms with Crippen LogP contribution in [-0.4, -0.2) is 63.3 Å². The average molecular weight is 570 g/mol. The molecule has 4 aromatic heterocycles. The number of fused-ring (bicyclic) bond motifs is 1. The molecule has 5 heterocycles. The zero-order valence-electron chi connectivity index (χ0n) is 21.7. The maximum atomic E-state index is 13.3. The lowest BCUT2D eigenvalue weighted by Gasteiger charge is -2.26. The van der Waals surface area contributed by atoms with Crippen molar-refractivity contribution in [1.29, 1.82) is 5.26 Å². The van der Waals surface area contributed by atoms with Crippen LogP contribution in [0.2, 0.25) is 0 Å². The molecule has 0 bridgehead atoms. The van der Waals surface area contributed by atoms with Crippen LogP contribution in [0.1, 0.15) is 25.8 Å². The molecule has 2 atom stereocenters. The van der Waals surface area contributed by atoms with Crippen molar-refractivity contribution in [2.75, 3.05) is 16.8 Å². The molecule has 17 heteroatoms. The number of rotatable bonds is 6. The van der Waals surface area contributed by atoms with Gasteiger partial charge < -0.3 is 14.8 Å². The monoisotopic (exact) mass is 569 g/mol. The smallest absolute Gasteiger partial charge is 0.329 e. The lowest BCUT2D eigenvalue weighted by atomic mass is 10.2. The molecule has 1 N–H and O–H groups in total. The second-order valence-electron chi connectivity index (χ2n) is 9.33. The first-order valence-corrected chi connectivity index (χ1v) is 12.3. The number of hydrogen-bond acceptors (Lipinski definition) is 10. The summed E-state index contributed by atoms with van der Waals surface area (Å²) in [4.78, 5) is 60.3. The second-order valence-corrected chi connectivity index (χ2v) is 9.33. The Morgan fingerprint density at radius 2 is 1.93 bits per heavy atom. The molecule has 0 saturated carbocycles. The van der Waals surface area contributed by atoms with Crippen LogP contribution < -0.4 is 21.5 Å². The molecule has 1 fully saturated rings. The van der Waals surface area contributed by atoms with Gasteiger partial charge in [0.2, 0.25) is 11.9 Å². The van der Waals surface area contributed by atoms with Gasteiger partial charge in [0.1, 0.15) is 18.6 Å². The predicted octanol–water partition coefficient (Wildman–Crippen LogP) is 1.40. The van der Waals surface area contributed by atoms with Crippen LogP contribution in [0.25, 0.3) is 22.4 Å². The largest absolute Gasteiger partial charge is 0.408 e. The van der Waals surface area contributed by atoms with Crippen LogP contribution >= 0.6 is 0 Å². The summed E-state index contributed by atoms with van der Waals surface area (Å²) in [6.07, 6.45) is 2.55. The number of carbonyl (C=O) groups is 1. The molecule has 14 nitrogen and oxygen atoms in total. The van der Waals surface area contributed by atoms with Crippen molar-refractivity contribution in [3.05, 3.63) is 52.0 Å². The summed E-state index contributed by atoms with van der Waals surface area (Å²) in [5, 5.41) is 11.6. The SMILES string of the molecule is C[C@@H](C(=O)Nc1cncc(-c2cnc(N3CCC[C@@H]3C(F)(F)F)nc2)n1)n1cnc2c1c(=O)n(CC#N)c(=O)n2C. The fraction of sp³-hybridized carbons (Fsp3) is 0.375. The first kappa shape index (κ1) is 27.4. The Bertz CT molecular complexity index is 1790. The molecular formula is C24H22F3N11O3. The van der Waals surface area contributed by atoms with E-state index in [-0.39, 0.29) is 41.6 Å². The number of nitrogens with one attached hydrogen (secondary N) is 1. The van der Waals surface area contributed by atoms with Gasteiger partial charge in [0, 0.05) is 31.5 Å². The average Bonchev–Trinajstić information content (AvgIpc) is 3.62. The Labute approximate surface area is 228 Å². The molecule has 0 unspecified atom stereocenters. The number of nitrogens with zero attached hydrogens (tertiary/aromatic N) is 10. The van der Waals surface area contributed by atoms with E-state index in [1.54, 1.807) is 6.07 Å². The molecule has 212 valence electrons. The number of nitriles is 1. The minimum Gasteiger partial charge on any atom is -0.329 e. The highest BCUT2D eigenvalue weighted by molar-refractivity contribution is 5.93. The number of carbonyl (C=O) groups excluding carboxylic acids is 1. The third-order valence-corrected chi connectivity index (χ3v) is 6.79. The minimum atomic E-state index is -4.39. The van der Waals surface area contributed by atoms with Gasteiger partial charge in [-0.1, -0.05) is 0 Å². The van der Waals surface area contributed by atoms with Gasteiger partial charge in [-0.25, -0.2) is 29.3 Å². The fourth-order valence-corrected chi connectivity index (χ4v) is 4.66. The third kappa shape index (κ3) is 4.99. The van der Waals surface area contributed by atoms with E-state index in [4.69, 9.17) is 5.26 Å². The highest BCUT2D eigenvalue weighted by atomic mass is 19.4. The Morgan fingerprint density at radius 1 is 1.20 bits per heavy atom. The summed E-state index contributed by atoms with van der Waals surface area (Å²) in [5.74, 6) is -0.577. The Morgan fingerprint density at radius 3 is 2.61 bits per heavy atom. The molecule has 0 aliphatic carbocycles. The van der Waals surface area contributed by atoms with E-state index in [1.807, 2.05) is 0 Å². The van der Waals surface area contributed by atoms with Crippen molar-refractivity contribution in [3.8, 4) is 17.3 Å². The molecule has 0 aromatic carbocycles. The fourth-order valence-electron chi connectivity index (χ4n) is 4.66. The lowest BCUT2D eigenvalue weighted by Crippen LogP contribution is -2.42. The van der Waals surface area contributed by atoms with Crippen molar-refractivity contribution in [1.82, 2.24) is 38.6 Å². The number of aryl methyl sites for hydroxylation is 1. The maximum absolute atomic E-state index is 13.3. The first-order chi connectivity index (χ1) is 19.5. The van der Waals surface area contributed by atoms with Crippen molar-refractivity contribution < 1.29 is 18.0 Å². The number of aromatic nitrogens is 8. The highest BCUT2D eigenvalue weighted by Gasteiger charge is 2.46. The van der Waals surface area contributed by atoms with Crippen molar-refractivity contribution >= 4 is 28.8 Å². The number of alkyl halides is 3. The molecule has 5 rings (SSSR count). The van der Waals surface area contributed by atoms with Crippen molar-refractivity contribution in [2.24, 2.45) is 7.05 Å². The summed E-state index contributed by atoms with van der Waals surface area (Å²) in [6.45, 7) is 1.23. The summed E-state index contributed by atoms with van der Waals surface area (Å²) >= 11 is 0. The molecular weight excluding hydrogens is 547 g/mol. The van der Waals surface area contributed by atoms with E-state index < -0.39 is 42.0 Å². The number of anilines is 2. The van der Waals surface area contributed by atoms with Gasteiger partial charge in [-0.05, 0) is 19.8 Å². The summed E-state index contributed by atoms with van der Waals surface area (Å²) in [7, 11) is 1.40. The number of hydrogen-bond donors (Lipinski definition) is 1. The van der Waals surface area contributed by atoms with E-state index >= 15 is 0 Å². The van der Waals surface area contributed by atoms with Crippen molar-refractivity contribution in [2.45, 2.75) is 44.6 Å². The Kier molecular flexibility index (Phi) is 6.99. The van der Waals surface area contributed by atoms with Gasteiger partial charge in [0.15, 0.2) is 17.0 Å². The molecule has 1 aliphatic heterocycles. The van der Waals surface area contributed by atoms with Crippen LogP contribution in [0.5, 0.6) is 0 Å². The van der Waals surface area contributed by atoms with Crippen LogP contribution in [0.3, 0.4) is 0 Å². The standard InChI is InChI=1S/C24H22F3N11O3/c1-13(38-12-32-19-18(38)21(40)37(7-5-28)23(41)35(19)2)20(39)34-17-11-29-10-15(33-17)14-8-30-22(31-9-14)36-6-3-4-16(36)24(25,26)27/h8-13,16H,3-4,6-7H2,1-2H3,(H,33,34,39)/t13-,16+/m0/s1. The molecule has 4 aromatic rings. The van der Waals surface area contributed by atoms with Gasteiger partial charge in [-0.3, -0.25) is 19.1 Å². The van der Waals surface area contributed by atoms with Gasteiger partial charge in [-0.15, -0.1) is 0 Å². The van der Waals surface area contributed by atoms with E-state index in [0.29, 0.717) is 12.0 Å². The Balaban J connectivity index is 1.37. The number of amides is 1. The normalized spacial score (nSPS) is 16.1. The molecule has 41 heavy (non-hydrogen) atoms.